The summed E-state index contributed by atoms with van der Waals surface area (Å²) >= 11 is 0. The Bertz CT molecular complexity index is 1810. The summed E-state index contributed by atoms with van der Waals surface area (Å²) < 4.78 is 13.4. The van der Waals surface area contributed by atoms with Crippen LogP contribution in [0, 0.1) is 5.92 Å². The molecule has 1 aliphatic rings. The highest BCUT2D eigenvalue weighted by Crippen LogP contribution is 2.42. The van der Waals surface area contributed by atoms with Crippen LogP contribution in [-0.4, -0.2) is 46.8 Å². The topological polar surface area (TPSA) is 91.3 Å². The molecule has 7 heteroatoms. The van der Waals surface area contributed by atoms with Gasteiger partial charge < -0.3 is 25.0 Å². The van der Waals surface area contributed by atoms with Gasteiger partial charge in [0.15, 0.2) is 6.29 Å². The normalized spacial score (nSPS) is 20.3. The van der Waals surface area contributed by atoms with Crippen molar-refractivity contribution in [2.45, 2.75) is 57.6 Å². The number of hydrogen-bond donors (Lipinski definition) is 3. The smallest absolute Gasteiger partial charge is 0.251 e. The molecule has 6 rings (SSSR count). The lowest BCUT2D eigenvalue weighted by atomic mass is 9.89. The standard InChI is InChI=1S/C43H46N2O5/c1-29-39(27-45(3)30(2)40(47)34-12-6-4-7-13-34)49-43(50-41(29)35-19-17-31(28-46)18-20-35)37-23-21-33(22-24-37)38-16-10-11-32(25-38)26-44-42(48)36-14-8-5-9-15-36/h4-25,29-30,39-41,43,46-47H,26-28H2,1-3H3,(H,44,48)/t29-,30-,39+,40-,41+,43+/m1/s1. The van der Waals surface area contributed by atoms with Crippen molar-refractivity contribution in [1.29, 1.82) is 0 Å². The van der Waals surface area contributed by atoms with Crippen molar-refractivity contribution in [3.05, 3.63) is 167 Å². The van der Waals surface area contributed by atoms with Crippen LogP contribution in [0.1, 0.15) is 70.5 Å². The van der Waals surface area contributed by atoms with Crippen LogP contribution in [0.2, 0.25) is 0 Å². The molecular formula is C43H46N2O5. The first-order valence-electron chi connectivity index (χ1n) is 17.3. The number of amides is 1. The molecule has 1 amide bonds. The molecule has 0 bridgehead atoms. The zero-order valence-electron chi connectivity index (χ0n) is 28.9. The van der Waals surface area contributed by atoms with Gasteiger partial charge in [-0.25, -0.2) is 0 Å². The Morgan fingerprint density at radius 1 is 0.780 bits per heavy atom. The van der Waals surface area contributed by atoms with Gasteiger partial charge in [0, 0.05) is 36.2 Å². The molecule has 0 spiro atoms. The van der Waals surface area contributed by atoms with Gasteiger partial charge in [-0.2, -0.15) is 0 Å². The van der Waals surface area contributed by atoms with Gasteiger partial charge in [0.1, 0.15) is 0 Å². The number of aliphatic hydroxyl groups excluding tert-OH is 2. The molecule has 0 radical (unpaired) electrons. The zero-order valence-corrected chi connectivity index (χ0v) is 28.9. The van der Waals surface area contributed by atoms with Crippen molar-refractivity contribution >= 4 is 5.91 Å². The second kappa shape index (κ2) is 16.4. The van der Waals surface area contributed by atoms with E-state index in [0.717, 1.165) is 38.9 Å². The number of nitrogens with one attached hydrogen (secondary N) is 1. The molecular weight excluding hydrogens is 624 g/mol. The number of likely N-dealkylation sites (N-methyl/N-ethyl adjacent to an activating group) is 1. The van der Waals surface area contributed by atoms with E-state index in [1.54, 1.807) is 12.1 Å². The van der Waals surface area contributed by atoms with Crippen LogP contribution in [0.5, 0.6) is 0 Å². The summed E-state index contributed by atoms with van der Waals surface area (Å²) in [6, 6.07) is 43.2. The average Bonchev–Trinajstić information content (AvgIpc) is 3.18. The summed E-state index contributed by atoms with van der Waals surface area (Å²) in [7, 11) is 2.03. The average molecular weight is 671 g/mol. The van der Waals surface area contributed by atoms with Crippen molar-refractivity contribution in [1.82, 2.24) is 10.2 Å². The predicted molar refractivity (Wildman–Crippen MR) is 196 cm³/mol. The lowest BCUT2D eigenvalue weighted by Crippen LogP contribution is -2.46. The number of rotatable bonds is 12. The van der Waals surface area contributed by atoms with Crippen molar-refractivity contribution in [2.75, 3.05) is 13.6 Å². The van der Waals surface area contributed by atoms with Gasteiger partial charge in [0.05, 0.1) is 24.9 Å². The minimum atomic E-state index is -0.639. The lowest BCUT2D eigenvalue weighted by Gasteiger charge is -2.43. The molecule has 0 unspecified atom stereocenters. The van der Waals surface area contributed by atoms with Gasteiger partial charge in [-0.3, -0.25) is 9.69 Å². The number of nitrogens with zero attached hydrogens (tertiary/aromatic N) is 1. The van der Waals surface area contributed by atoms with E-state index in [0.29, 0.717) is 18.7 Å². The quantitative estimate of drug-likeness (QED) is 0.127. The number of carbonyl (C=O) groups excluding carboxylic acids is 1. The van der Waals surface area contributed by atoms with E-state index in [2.05, 4.69) is 41.4 Å². The Balaban J connectivity index is 1.19. The van der Waals surface area contributed by atoms with E-state index >= 15 is 0 Å². The van der Waals surface area contributed by atoms with Crippen molar-refractivity contribution in [3.63, 3.8) is 0 Å². The van der Waals surface area contributed by atoms with Crippen LogP contribution in [0.15, 0.2) is 133 Å². The number of ether oxygens (including phenoxy) is 2. The Morgan fingerprint density at radius 3 is 2.12 bits per heavy atom. The summed E-state index contributed by atoms with van der Waals surface area (Å²) in [6.45, 7) is 5.20. The molecule has 258 valence electrons. The molecule has 7 nitrogen and oxygen atoms in total. The SMILES string of the molecule is C[C@@H]1[C@H](CN(C)[C@H](C)[C@@H](O)c2ccccc2)O[C@H](c2ccc(-c3cccc(CNC(=O)c4ccccc4)c3)cc2)O[C@@H]1c1ccc(CO)cc1. The molecule has 0 aromatic heterocycles. The van der Waals surface area contributed by atoms with Crippen molar-refractivity contribution in [2.24, 2.45) is 5.92 Å². The summed E-state index contributed by atoms with van der Waals surface area (Å²) in [5.74, 6) is -0.0877. The zero-order chi connectivity index (χ0) is 35.0. The Labute approximate surface area is 295 Å². The molecule has 1 heterocycles. The van der Waals surface area contributed by atoms with E-state index in [1.807, 2.05) is 111 Å². The number of carbonyl (C=O) groups is 1. The maximum atomic E-state index is 12.6. The molecule has 5 aromatic carbocycles. The highest BCUT2D eigenvalue weighted by Gasteiger charge is 2.39. The maximum Gasteiger partial charge on any atom is 0.251 e. The van der Waals surface area contributed by atoms with E-state index in [4.69, 9.17) is 9.47 Å². The van der Waals surface area contributed by atoms with Crippen molar-refractivity contribution in [3.8, 4) is 11.1 Å². The second-order valence-corrected chi connectivity index (χ2v) is 13.2. The van der Waals surface area contributed by atoms with E-state index in [9.17, 15) is 15.0 Å². The summed E-state index contributed by atoms with van der Waals surface area (Å²) in [6.07, 6.45) is -1.67. The van der Waals surface area contributed by atoms with Gasteiger partial charge in [-0.15, -0.1) is 0 Å². The maximum absolute atomic E-state index is 12.6. The summed E-state index contributed by atoms with van der Waals surface area (Å²) in [5.41, 5.74) is 7.42. The Morgan fingerprint density at radius 2 is 1.44 bits per heavy atom. The van der Waals surface area contributed by atoms with Crippen LogP contribution in [0.4, 0.5) is 0 Å². The first-order valence-corrected chi connectivity index (χ1v) is 17.3. The number of aliphatic hydroxyl groups is 2. The van der Waals surface area contributed by atoms with Gasteiger partial charge in [-0.1, -0.05) is 122 Å². The molecule has 50 heavy (non-hydrogen) atoms. The summed E-state index contributed by atoms with van der Waals surface area (Å²) in [4.78, 5) is 14.7. The molecule has 1 fully saturated rings. The number of hydrogen-bond acceptors (Lipinski definition) is 6. The first kappa shape index (κ1) is 35.2. The molecule has 6 atom stereocenters. The fourth-order valence-corrected chi connectivity index (χ4v) is 6.52. The van der Waals surface area contributed by atoms with Crippen LogP contribution in [-0.2, 0) is 22.6 Å². The minimum Gasteiger partial charge on any atom is -0.392 e. The Hall–Kier alpha value is -4.63. The molecule has 1 saturated heterocycles. The lowest BCUT2D eigenvalue weighted by molar-refractivity contribution is -0.276. The predicted octanol–water partition coefficient (Wildman–Crippen LogP) is 7.62. The largest absolute Gasteiger partial charge is 0.392 e. The first-order chi connectivity index (χ1) is 24.3. The van der Waals surface area contributed by atoms with Gasteiger partial charge in [-0.05, 0) is 65.6 Å². The van der Waals surface area contributed by atoms with E-state index in [1.165, 1.54) is 0 Å². The van der Waals surface area contributed by atoms with Gasteiger partial charge in [0.25, 0.3) is 5.91 Å². The van der Waals surface area contributed by atoms with Crippen LogP contribution >= 0.6 is 0 Å². The minimum absolute atomic E-state index is 0.0131. The molecule has 3 N–H and O–H groups in total. The molecule has 1 aliphatic heterocycles. The van der Waals surface area contributed by atoms with Gasteiger partial charge in [0.2, 0.25) is 0 Å². The van der Waals surface area contributed by atoms with Crippen LogP contribution in [0.3, 0.4) is 0 Å². The monoisotopic (exact) mass is 670 g/mol. The number of benzene rings is 5. The molecule has 0 saturated carbocycles. The highest BCUT2D eigenvalue weighted by molar-refractivity contribution is 5.94. The van der Waals surface area contributed by atoms with Crippen molar-refractivity contribution < 1.29 is 24.5 Å². The third-order valence-electron chi connectivity index (χ3n) is 9.82. The van der Waals surface area contributed by atoms with E-state index < -0.39 is 12.4 Å². The second-order valence-electron chi connectivity index (χ2n) is 13.2. The fourth-order valence-electron chi connectivity index (χ4n) is 6.52. The fraction of sp³-hybridized carbons (Fsp3) is 0.279. The van der Waals surface area contributed by atoms with E-state index in [-0.39, 0.29) is 36.7 Å². The Kier molecular flexibility index (Phi) is 11.5. The molecule has 0 aliphatic carbocycles. The van der Waals surface area contributed by atoms with Crippen LogP contribution < -0.4 is 5.32 Å². The molecule has 5 aromatic rings. The third kappa shape index (κ3) is 8.38. The third-order valence-corrected chi connectivity index (χ3v) is 9.82. The van der Waals surface area contributed by atoms with Crippen LogP contribution in [0.25, 0.3) is 11.1 Å². The van der Waals surface area contributed by atoms with Gasteiger partial charge >= 0.3 is 0 Å². The summed E-state index contributed by atoms with van der Waals surface area (Å²) in [5, 5.41) is 23.8. The highest BCUT2D eigenvalue weighted by atomic mass is 16.7.